The largest absolute Gasteiger partial charge is 0.275 e. The van der Waals surface area contributed by atoms with Crippen molar-refractivity contribution in [2.24, 2.45) is 0 Å². The Hall–Kier alpha value is 0.950. The third kappa shape index (κ3) is 2.77. The first-order valence-corrected chi connectivity index (χ1v) is 19.5. The van der Waals surface area contributed by atoms with Crippen molar-refractivity contribution in [3.63, 3.8) is 0 Å². The molecule has 0 aliphatic carbocycles. The average Bonchev–Trinajstić information content (AvgIpc) is 1.67. The minimum atomic E-state index is -2.98. The van der Waals surface area contributed by atoms with Crippen molar-refractivity contribution in [3.8, 4) is 0 Å². The highest BCUT2D eigenvalue weighted by Gasteiger charge is 2.51. The summed E-state index contributed by atoms with van der Waals surface area (Å²) in [5, 5.41) is 0. The summed E-state index contributed by atoms with van der Waals surface area (Å²) in [6.07, 6.45) is 9.26. The number of thiol groups is 4. The topological polar surface area (TPSA) is 68.3 Å². The molecule has 0 saturated carbocycles. The summed E-state index contributed by atoms with van der Waals surface area (Å²) in [5.41, 5.74) is 0. The molecule has 0 heterocycles. The Bertz CT molecular complexity index is 391. The predicted molar refractivity (Wildman–Crippen MR) is 93.1 cm³/mol. The molecule has 0 fully saturated rings. The van der Waals surface area contributed by atoms with Crippen molar-refractivity contribution < 1.29 is 16.8 Å². The minimum absolute atomic E-state index is 1.49. The molecular weight excluding hydrogens is 320 g/mol. The molecule has 0 aliphatic rings. The zero-order valence-electron chi connectivity index (χ0n) is 11.8. The van der Waals surface area contributed by atoms with E-state index in [1.165, 1.54) is 50.0 Å². The lowest BCUT2D eigenvalue weighted by Crippen LogP contribution is -2.43. The van der Waals surface area contributed by atoms with Crippen LogP contribution in [0.3, 0.4) is 0 Å². The summed E-state index contributed by atoms with van der Waals surface area (Å²) in [5.74, 6) is 0. The first kappa shape index (κ1) is 17.9. The zero-order valence-corrected chi connectivity index (χ0v) is 16.2. The molecule has 9 heteroatoms. The summed E-state index contributed by atoms with van der Waals surface area (Å²) in [7, 11) is -11.9. The van der Waals surface area contributed by atoms with E-state index in [0.29, 0.717) is 0 Å². The number of hydrogen-bond acceptors (Lipinski definition) is 4. The third-order valence-corrected chi connectivity index (χ3v) is 63.7. The summed E-state index contributed by atoms with van der Waals surface area (Å²) in [6, 6.07) is 0. The summed E-state index contributed by atoms with van der Waals surface area (Å²) in [4.78, 5) is 0. The van der Waals surface area contributed by atoms with Gasteiger partial charge in [-0.25, -0.2) is 0 Å². The highest BCUT2D eigenvalue weighted by atomic mass is 34.1. The molecule has 0 amide bonds. The van der Waals surface area contributed by atoms with Crippen molar-refractivity contribution in [2.75, 3.05) is 50.0 Å². The molecule has 0 N–H and O–H groups in total. The smallest absolute Gasteiger partial charge is 0.00140 e. The van der Waals surface area contributed by atoms with Gasteiger partial charge in [-0.1, -0.05) is 35.9 Å². The Labute approximate surface area is 108 Å². The van der Waals surface area contributed by atoms with Crippen LogP contribution < -0.4 is 0 Å². The molecule has 0 aliphatic heterocycles. The fraction of sp³-hybridized carbons (Fsp3) is 1.00. The minimum Gasteiger partial charge on any atom is -0.275 e. The molecular formula is C8H28O4S5. The lowest BCUT2D eigenvalue weighted by atomic mass is 11.9. The molecule has 0 unspecified atom stereocenters. The second kappa shape index (κ2) is 4.50. The van der Waals surface area contributed by atoms with E-state index in [0.717, 1.165) is 0 Å². The van der Waals surface area contributed by atoms with Gasteiger partial charge in [-0.15, -0.1) is 0 Å². The second-order valence-electron chi connectivity index (χ2n) is 5.50. The Balaban J connectivity index is 6.84. The SMILES string of the molecule is C[SH](C)(=O)S([SH](C)(C)=O)([SH](C)(C)=O)[SH](C)(C)=O. The average molecular weight is 349 g/mol. The van der Waals surface area contributed by atoms with Crippen molar-refractivity contribution in [2.45, 2.75) is 0 Å². The van der Waals surface area contributed by atoms with E-state index in [4.69, 9.17) is 0 Å². The molecule has 0 aromatic heterocycles. The van der Waals surface area contributed by atoms with Crippen LogP contribution in [-0.2, 0) is 35.9 Å². The van der Waals surface area contributed by atoms with Crippen LogP contribution in [0.4, 0.5) is 0 Å². The predicted octanol–water partition coefficient (Wildman–Crippen LogP) is -0.444. The maximum atomic E-state index is 12.7. The van der Waals surface area contributed by atoms with Gasteiger partial charge in [0.1, 0.15) is 0 Å². The molecule has 0 aromatic carbocycles. The van der Waals surface area contributed by atoms with Gasteiger partial charge in [0.25, 0.3) is 0 Å². The molecule has 0 spiro atoms. The lowest BCUT2D eigenvalue weighted by molar-refractivity contribution is 0.683. The Morgan fingerprint density at radius 1 is 0.471 bits per heavy atom. The van der Waals surface area contributed by atoms with E-state index in [1.54, 1.807) is 0 Å². The van der Waals surface area contributed by atoms with Gasteiger partial charge in [-0.05, 0) is 56.2 Å². The van der Waals surface area contributed by atoms with Crippen molar-refractivity contribution >= 4 is 42.0 Å². The van der Waals surface area contributed by atoms with Gasteiger partial charge >= 0.3 is 0 Å². The molecule has 0 saturated heterocycles. The maximum Gasteiger partial charge on any atom is -0.00140 e. The molecule has 0 aromatic rings. The summed E-state index contributed by atoms with van der Waals surface area (Å²) >= 11 is 0. The van der Waals surface area contributed by atoms with Crippen LogP contribution in [0.25, 0.3) is 0 Å². The van der Waals surface area contributed by atoms with Gasteiger partial charge in [0.05, 0.1) is 0 Å². The van der Waals surface area contributed by atoms with E-state index in [2.05, 4.69) is 0 Å². The van der Waals surface area contributed by atoms with E-state index < -0.39 is 42.0 Å². The molecule has 0 atom stereocenters. The molecule has 17 heavy (non-hydrogen) atoms. The van der Waals surface area contributed by atoms with Gasteiger partial charge in [-0.3, -0.25) is 16.8 Å². The van der Waals surface area contributed by atoms with E-state index in [9.17, 15) is 16.8 Å². The summed E-state index contributed by atoms with van der Waals surface area (Å²) < 4.78 is 50.8. The fourth-order valence-electron chi connectivity index (χ4n) is 2.84. The van der Waals surface area contributed by atoms with Gasteiger partial charge in [0, 0.05) is 0 Å². The van der Waals surface area contributed by atoms with E-state index >= 15 is 0 Å². The monoisotopic (exact) mass is 348 g/mol. The Morgan fingerprint density at radius 2 is 0.588 bits per heavy atom. The van der Waals surface area contributed by atoms with Crippen LogP contribution in [-0.4, -0.2) is 66.9 Å². The van der Waals surface area contributed by atoms with Crippen molar-refractivity contribution in [1.29, 1.82) is 0 Å². The highest BCUT2D eigenvalue weighted by molar-refractivity contribution is 9.66. The van der Waals surface area contributed by atoms with Gasteiger partial charge in [0.2, 0.25) is 0 Å². The van der Waals surface area contributed by atoms with Gasteiger partial charge in [0.15, 0.2) is 0 Å². The van der Waals surface area contributed by atoms with Crippen LogP contribution in [0.1, 0.15) is 0 Å². The van der Waals surface area contributed by atoms with Crippen molar-refractivity contribution in [1.82, 2.24) is 0 Å². The van der Waals surface area contributed by atoms with Crippen LogP contribution in [0.15, 0.2) is 0 Å². The first-order chi connectivity index (χ1) is 7.00. The Morgan fingerprint density at radius 3 is 0.588 bits per heavy atom. The second-order valence-corrected chi connectivity index (χ2v) is 38.8. The third-order valence-electron chi connectivity index (χ3n) is 2.36. The molecule has 0 bridgehead atoms. The van der Waals surface area contributed by atoms with Crippen LogP contribution in [0.5, 0.6) is 0 Å². The number of rotatable bonds is 4. The van der Waals surface area contributed by atoms with Crippen molar-refractivity contribution in [3.05, 3.63) is 0 Å². The number of hydrogen-bond donors (Lipinski definition) is 4. The fourth-order valence-corrected chi connectivity index (χ4v) is 76.7. The summed E-state index contributed by atoms with van der Waals surface area (Å²) in [6.45, 7) is 0. The highest BCUT2D eigenvalue weighted by Crippen LogP contribution is 2.75. The van der Waals surface area contributed by atoms with Crippen LogP contribution in [0, 0.1) is 0 Å². The molecule has 114 valence electrons. The van der Waals surface area contributed by atoms with Gasteiger partial charge < -0.3 is 0 Å². The first-order valence-electron chi connectivity index (χ1n) is 5.04. The van der Waals surface area contributed by atoms with E-state index in [1.807, 2.05) is 0 Å². The molecule has 4 nitrogen and oxygen atoms in total. The van der Waals surface area contributed by atoms with Crippen LogP contribution >= 0.6 is 6.16 Å². The van der Waals surface area contributed by atoms with E-state index in [-0.39, 0.29) is 0 Å². The maximum absolute atomic E-state index is 12.7. The molecule has 0 radical (unpaired) electrons. The standard InChI is InChI=1S/C8H28O4S5/c1-13(2,9)17(14(3,4)10,15(5,6)11)16(7,8)12/h13-16H,1-8H3. The normalized spacial score (nSPS) is 24.5. The lowest BCUT2D eigenvalue weighted by Gasteiger charge is -2.60. The quantitative estimate of drug-likeness (QED) is 0.411. The van der Waals surface area contributed by atoms with Gasteiger partial charge in [-0.2, -0.15) is 0 Å². The van der Waals surface area contributed by atoms with Crippen LogP contribution in [0.2, 0.25) is 0 Å². The molecule has 0 rings (SSSR count). The zero-order chi connectivity index (χ0) is 14.5. The Kier molecular flexibility index (Phi) is 4.75.